The summed E-state index contributed by atoms with van der Waals surface area (Å²) in [6, 6.07) is 9.12. The van der Waals surface area contributed by atoms with Crippen molar-refractivity contribution in [1.29, 1.82) is 0 Å². The van der Waals surface area contributed by atoms with E-state index in [1.807, 2.05) is 6.92 Å². The molecule has 0 spiro atoms. The Bertz CT molecular complexity index is 931. The lowest BCUT2D eigenvalue weighted by atomic mass is 9.98. The first kappa shape index (κ1) is 16.0. The third kappa shape index (κ3) is 2.64. The Hall–Kier alpha value is -2.18. The van der Waals surface area contributed by atoms with E-state index < -0.39 is 0 Å². The first-order valence-electron chi connectivity index (χ1n) is 9.41. The molecule has 0 bridgehead atoms. The highest BCUT2D eigenvalue weighted by Gasteiger charge is 2.41. The van der Waals surface area contributed by atoms with Crippen molar-refractivity contribution in [3.05, 3.63) is 47.8 Å². The maximum absolute atomic E-state index is 6.33. The smallest absolute Gasteiger partial charge is 0.245 e. The predicted octanol–water partition coefficient (Wildman–Crippen LogP) is 3.36. The zero-order valence-electron chi connectivity index (χ0n) is 15.3. The molecular weight excluding hydrogens is 328 g/mol. The van der Waals surface area contributed by atoms with Crippen molar-refractivity contribution >= 4 is 10.9 Å². The summed E-state index contributed by atoms with van der Waals surface area (Å²) in [5.41, 5.74) is 2.70. The summed E-state index contributed by atoms with van der Waals surface area (Å²) in [5.74, 6) is 1.24. The molecule has 6 nitrogen and oxygen atoms in total. The van der Waals surface area contributed by atoms with Gasteiger partial charge in [0.1, 0.15) is 6.10 Å². The van der Waals surface area contributed by atoms with Crippen LogP contribution in [0, 0.1) is 6.92 Å². The van der Waals surface area contributed by atoms with Crippen LogP contribution in [0.25, 0.3) is 10.9 Å². The van der Waals surface area contributed by atoms with Crippen LogP contribution in [0.5, 0.6) is 0 Å². The second kappa shape index (κ2) is 6.21. The molecular formula is C20H24N4O2. The molecule has 2 aliphatic rings. The third-order valence-electron chi connectivity index (χ3n) is 5.83. The van der Waals surface area contributed by atoms with Crippen molar-refractivity contribution in [2.75, 3.05) is 6.54 Å². The number of aromatic nitrogens is 3. The minimum Gasteiger partial charge on any atom is -0.423 e. The van der Waals surface area contributed by atoms with Crippen molar-refractivity contribution in [2.24, 2.45) is 7.05 Å². The minimum absolute atomic E-state index is 0.0463. The molecule has 2 aliphatic heterocycles. The largest absolute Gasteiger partial charge is 0.423 e. The average Bonchev–Trinajstić information content (AvgIpc) is 3.34. The predicted molar refractivity (Wildman–Crippen MR) is 97.6 cm³/mol. The van der Waals surface area contributed by atoms with Crippen molar-refractivity contribution in [2.45, 2.75) is 51.0 Å². The molecule has 1 aromatic carbocycles. The van der Waals surface area contributed by atoms with Crippen LogP contribution >= 0.6 is 0 Å². The van der Waals surface area contributed by atoms with Gasteiger partial charge in [-0.1, -0.05) is 18.2 Å². The quantitative estimate of drug-likeness (QED) is 0.723. The number of benzene rings is 1. The van der Waals surface area contributed by atoms with E-state index >= 15 is 0 Å². The minimum atomic E-state index is -0.0463. The van der Waals surface area contributed by atoms with Crippen LogP contribution in [0.15, 0.2) is 34.9 Å². The molecule has 0 saturated carbocycles. The van der Waals surface area contributed by atoms with E-state index in [4.69, 9.17) is 9.15 Å². The molecule has 5 rings (SSSR count). The second-order valence-corrected chi connectivity index (χ2v) is 7.51. The molecule has 0 radical (unpaired) electrons. The summed E-state index contributed by atoms with van der Waals surface area (Å²) in [7, 11) is 2.12. The number of fused-ring (bicyclic) bond motifs is 2. The Kier molecular flexibility index (Phi) is 3.83. The number of aryl methyl sites for hydroxylation is 2. The Balaban J connectivity index is 1.32. The lowest BCUT2D eigenvalue weighted by molar-refractivity contribution is -0.0818. The highest BCUT2D eigenvalue weighted by molar-refractivity contribution is 5.83. The summed E-state index contributed by atoms with van der Waals surface area (Å²) in [4.78, 5) is 2.59. The SMILES string of the molecule is Cc1nnc([C@@H]2CC[C@@H]3[C@@H](CCN3Cc3cn(C)c4ccccc34)O2)o1. The molecule has 2 fully saturated rings. The van der Waals surface area contributed by atoms with Crippen LogP contribution in [0.3, 0.4) is 0 Å². The molecule has 136 valence electrons. The number of nitrogens with zero attached hydrogens (tertiary/aromatic N) is 4. The van der Waals surface area contributed by atoms with Gasteiger partial charge in [-0.25, -0.2) is 0 Å². The van der Waals surface area contributed by atoms with Gasteiger partial charge in [-0.05, 0) is 30.9 Å². The maximum Gasteiger partial charge on any atom is 0.245 e. The van der Waals surface area contributed by atoms with Gasteiger partial charge in [-0.3, -0.25) is 4.90 Å². The fourth-order valence-electron chi connectivity index (χ4n) is 4.61. The highest BCUT2D eigenvalue weighted by Crippen LogP contribution is 2.38. The topological polar surface area (TPSA) is 56.3 Å². The number of rotatable bonds is 3. The van der Waals surface area contributed by atoms with Gasteiger partial charge in [-0.15, -0.1) is 10.2 Å². The van der Waals surface area contributed by atoms with Crippen LogP contribution in [0.2, 0.25) is 0 Å². The van der Waals surface area contributed by atoms with Crippen molar-refractivity contribution in [3.63, 3.8) is 0 Å². The van der Waals surface area contributed by atoms with E-state index in [9.17, 15) is 0 Å². The number of likely N-dealkylation sites (tertiary alicyclic amines) is 1. The summed E-state index contributed by atoms with van der Waals surface area (Å²) < 4.78 is 14.1. The molecule has 0 amide bonds. The number of para-hydroxylation sites is 1. The summed E-state index contributed by atoms with van der Waals surface area (Å²) >= 11 is 0. The first-order valence-corrected chi connectivity index (χ1v) is 9.41. The molecule has 3 atom stereocenters. The molecule has 6 heteroatoms. The summed E-state index contributed by atoms with van der Waals surface area (Å²) in [6.07, 6.45) is 5.60. The van der Waals surface area contributed by atoms with Crippen LogP contribution in [0.1, 0.15) is 42.7 Å². The monoisotopic (exact) mass is 352 g/mol. The van der Waals surface area contributed by atoms with E-state index in [2.05, 4.69) is 57.2 Å². The zero-order valence-corrected chi connectivity index (χ0v) is 15.3. The second-order valence-electron chi connectivity index (χ2n) is 7.51. The normalized spacial score (nSPS) is 26.5. The van der Waals surface area contributed by atoms with Gasteiger partial charge >= 0.3 is 0 Å². The van der Waals surface area contributed by atoms with Crippen LogP contribution in [0.4, 0.5) is 0 Å². The lowest BCUT2D eigenvalue weighted by Crippen LogP contribution is -2.40. The summed E-state index contributed by atoms with van der Waals surface area (Å²) in [5, 5.41) is 9.45. The average molecular weight is 352 g/mol. The Labute approximate surface area is 152 Å². The van der Waals surface area contributed by atoms with Gasteiger partial charge in [0.25, 0.3) is 0 Å². The molecule has 2 aromatic heterocycles. The first-order chi connectivity index (χ1) is 12.7. The van der Waals surface area contributed by atoms with Gasteiger partial charge < -0.3 is 13.7 Å². The molecule has 0 unspecified atom stereocenters. The van der Waals surface area contributed by atoms with Gasteiger partial charge in [0.15, 0.2) is 0 Å². The molecule has 2 saturated heterocycles. The van der Waals surface area contributed by atoms with E-state index in [1.54, 1.807) is 0 Å². The number of hydrogen-bond acceptors (Lipinski definition) is 5. The molecule has 3 aromatic rings. The van der Waals surface area contributed by atoms with E-state index in [-0.39, 0.29) is 12.2 Å². The summed E-state index contributed by atoms with van der Waals surface area (Å²) in [6.45, 7) is 3.88. The van der Waals surface area contributed by atoms with Crippen molar-refractivity contribution < 1.29 is 9.15 Å². The zero-order chi connectivity index (χ0) is 17.7. The molecule has 0 aliphatic carbocycles. The van der Waals surface area contributed by atoms with E-state index in [0.717, 1.165) is 32.4 Å². The molecule has 26 heavy (non-hydrogen) atoms. The molecule has 4 heterocycles. The van der Waals surface area contributed by atoms with Gasteiger partial charge in [0.05, 0.1) is 6.10 Å². The van der Waals surface area contributed by atoms with Gasteiger partial charge in [0.2, 0.25) is 11.8 Å². The van der Waals surface area contributed by atoms with Crippen LogP contribution in [-0.4, -0.2) is 38.4 Å². The Morgan fingerprint density at radius 2 is 2.04 bits per heavy atom. The lowest BCUT2D eigenvalue weighted by Gasteiger charge is -2.34. The Morgan fingerprint density at radius 3 is 2.88 bits per heavy atom. The van der Waals surface area contributed by atoms with Crippen LogP contribution < -0.4 is 0 Å². The maximum atomic E-state index is 6.33. The van der Waals surface area contributed by atoms with Crippen LogP contribution in [-0.2, 0) is 18.3 Å². The number of ether oxygens (including phenoxy) is 1. The fraction of sp³-hybridized carbons (Fsp3) is 0.500. The standard InChI is InChI=1S/C20H24N4O2/c1-13-21-22-20(25-13)19-8-7-17-18(26-19)9-10-24(17)12-14-11-23(2)16-6-4-3-5-15(14)16/h3-6,11,17-19H,7-10,12H2,1-2H3/t17-,18-,19+/m1/s1. The van der Waals surface area contributed by atoms with Gasteiger partial charge in [-0.2, -0.15) is 0 Å². The van der Waals surface area contributed by atoms with E-state index in [1.165, 1.54) is 16.5 Å². The van der Waals surface area contributed by atoms with Gasteiger partial charge in [0, 0.05) is 50.2 Å². The highest BCUT2D eigenvalue weighted by atomic mass is 16.5. The third-order valence-corrected chi connectivity index (χ3v) is 5.83. The fourth-order valence-corrected chi connectivity index (χ4v) is 4.61. The Morgan fingerprint density at radius 1 is 1.15 bits per heavy atom. The molecule has 0 N–H and O–H groups in total. The number of hydrogen-bond donors (Lipinski definition) is 0. The van der Waals surface area contributed by atoms with Crippen molar-refractivity contribution in [3.8, 4) is 0 Å². The van der Waals surface area contributed by atoms with E-state index in [0.29, 0.717) is 17.8 Å². The van der Waals surface area contributed by atoms with Crippen molar-refractivity contribution in [1.82, 2.24) is 19.7 Å².